The Kier molecular flexibility index (Phi) is 12.1. The fourth-order valence-corrected chi connectivity index (χ4v) is 3.49. The summed E-state index contributed by atoms with van der Waals surface area (Å²) in [6.07, 6.45) is -9.51. The molecule has 3 aromatic carbocycles. The molecule has 0 aliphatic carbocycles. The van der Waals surface area contributed by atoms with E-state index in [9.17, 15) is 41.0 Å². The van der Waals surface area contributed by atoms with Crippen molar-refractivity contribution in [3.8, 4) is 23.0 Å². The summed E-state index contributed by atoms with van der Waals surface area (Å²) in [6, 6.07) is 12.2. The van der Waals surface area contributed by atoms with E-state index in [0.717, 1.165) is 13.2 Å². The van der Waals surface area contributed by atoms with Gasteiger partial charge in [-0.25, -0.2) is 9.59 Å². The first-order valence-electron chi connectivity index (χ1n) is 12.5. The van der Waals surface area contributed by atoms with Crippen LogP contribution in [0.2, 0.25) is 0 Å². The molecule has 0 fully saturated rings. The summed E-state index contributed by atoms with van der Waals surface area (Å²) in [6.45, 7) is 3.11. The Balaban J connectivity index is 0.000000317. The second-order valence-corrected chi connectivity index (χ2v) is 8.34. The number of benzene rings is 3. The van der Waals surface area contributed by atoms with Crippen LogP contribution in [0.5, 0.6) is 23.0 Å². The van der Waals surface area contributed by atoms with Gasteiger partial charge < -0.3 is 28.8 Å². The summed E-state index contributed by atoms with van der Waals surface area (Å²) in [5, 5.41) is 9.36. The molecule has 3 rings (SSSR count). The van der Waals surface area contributed by atoms with Gasteiger partial charge in [-0.15, -0.1) is 0 Å². The van der Waals surface area contributed by atoms with Crippen LogP contribution in [0.1, 0.15) is 51.3 Å². The molecule has 3 aromatic rings. The molecular formula is C29H28F6O8. The quantitative estimate of drug-likeness (QED) is 0.201. The third-order valence-corrected chi connectivity index (χ3v) is 5.43. The Labute approximate surface area is 242 Å². The van der Waals surface area contributed by atoms with Gasteiger partial charge in [-0.1, -0.05) is 30.3 Å². The third kappa shape index (κ3) is 9.45. The van der Waals surface area contributed by atoms with Crippen LogP contribution in [-0.4, -0.2) is 44.5 Å². The number of esters is 2. The lowest BCUT2D eigenvalue weighted by atomic mass is 10.1. The number of ether oxygens (including phenoxy) is 5. The number of halogens is 6. The first-order valence-corrected chi connectivity index (χ1v) is 12.5. The van der Waals surface area contributed by atoms with Crippen LogP contribution >= 0.6 is 0 Å². The molecule has 234 valence electrons. The lowest BCUT2D eigenvalue weighted by molar-refractivity contribution is -0.140. The van der Waals surface area contributed by atoms with Crippen molar-refractivity contribution in [2.75, 3.05) is 27.4 Å². The van der Waals surface area contributed by atoms with Gasteiger partial charge in [0, 0.05) is 0 Å². The number of hydrogen-bond donors (Lipinski definition) is 1. The van der Waals surface area contributed by atoms with Gasteiger partial charge in [-0.2, -0.15) is 26.3 Å². The number of hydrogen-bond acceptors (Lipinski definition) is 8. The molecule has 43 heavy (non-hydrogen) atoms. The smallest absolute Gasteiger partial charge is 0.420 e. The second-order valence-electron chi connectivity index (χ2n) is 8.34. The molecule has 14 heteroatoms. The summed E-state index contributed by atoms with van der Waals surface area (Å²) >= 11 is 0. The van der Waals surface area contributed by atoms with E-state index in [-0.39, 0.29) is 36.7 Å². The van der Waals surface area contributed by atoms with Gasteiger partial charge in [0.1, 0.15) is 17.7 Å². The molecule has 0 radical (unpaired) electrons. The Morgan fingerprint density at radius 3 is 1.63 bits per heavy atom. The normalized spacial score (nSPS) is 11.1. The lowest BCUT2D eigenvalue weighted by Crippen LogP contribution is -2.13. The molecule has 0 bridgehead atoms. The number of methoxy groups -OCH3 is 2. The molecule has 0 atom stereocenters. The summed E-state index contributed by atoms with van der Waals surface area (Å²) in [5.41, 5.74) is -2.32. The van der Waals surface area contributed by atoms with Crippen molar-refractivity contribution in [3.05, 3.63) is 82.4 Å². The topological polar surface area (TPSA) is 101 Å². The van der Waals surface area contributed by atoms with E-state index >= 15 is 0 Å². The van der Waals surface area contributed by atoms with Gasteiger partial charge in [0.15, 0.2) is 23.0 Å². The Morgan fingerprint density at radius 1 is 0.721 bits per heavy atom. The SMILES string of the molecule is CCOC(=O)c1cc(OC)c(O)c(C(F)(F)F)c1.CCOC(=O)c1cc(OC)c(OCc2ccccc2)c(C(F)(F)F)c1. The zero-order valence-electron chi connectivity index (χ0n) is 23.4. The van der Waals surface area contributed by atoms with Gasteiger partial charge >= 0.3 is 24.3 Å². The van der Waals surface area contributed by atoms with Crippen LogP contribution < -0.4 is 14.2 Å². The number of phenolic OH excluding ortho intramolecular Hbond substituents is 1. The van der Waals surface area contributed by atoms with Crippen molar-refractivity contribution in [1.82, 2.24) is 0 Å². The van der Waals surface area contributed by atoms with E-state index in [4.69, 9.17) is 14.2 Å². The molecule has 0 aromatic heterocycles. The molecule has 0 saturated carbocycles. The monoisotopic (exact) mass is 618 g/mol. The average molecular weight is 619 g/mol. The van der Waals surface area contributed by atoms with Crippen molar-refractivity contribution >= 4 is 11.9 Å². The minimum absolute atomic E-state index is 0.0311. The number of alkyl halides is 6. The number of carbonyl (C=O) groups excluding carboxylic acids is 2. The van der Waals surface area contributed by atoms with E-state index < -0.39 is 52.7 Å². The summed E-state index contributed by atoms with van der Waals surface area (Å²) in [4.78, 5) is 23.2. The van der Waals surface area contributed by atoms with Gasteiger partial charge in [-0.05, 0) is 43.7 Å². The molecule has 0 aliphatic heterocycles. The zero-order valence-corrected chi connectivity index (χ0v) is 23.4. The van der Waals surface area contributed by atoms with Crippen molar-refractivity contribution in [1.29, 1.82) is 0 Å². The predicted molar refractivity (Wildman–Crippen MR) is 140 cm³/mol. The van der Waals surface area contributed by atoms with Crippen LogP contribution in [-0.2, 0) is 28.4 Å². The van der Waals surface area contributed by atoms with Crippen molar-refractivity contribution < 1.29 is 64.7 Å². The first-order chi connectivity index (χ1) is 20.2. The minimum Gasteiger partial charge on any atom is -0.504 e. The predicted octanol–water partition coefficient (Wildman–Crippen LogP) is 7.07. The van der Waals surface area contributed by atoms with Crippen LogP contribution in [0.4, 0.5) is 26.3 Å². The Morgan fingerprint density at radius 2 is 1.19 bits per heavy atom. The Hall–Kier alpha value is -4.62. The van der Waals surface area contributed by atoms with Crippen LogP contribution in [0.25, 0.3) is 0 Å². The van der Waals surface area contributed by atoms with Gasteiger partial charge in [0.25, 0.3) is 0 Å². The lowest BCUT2D eigenvalue weighted by Gasteiger charge is -2.18. The highest BCUT2D eigenvalue weighted by Gasteiger charge is 2.38. The van der Waals surface area contributed by atoms with E-state index in [1.54, 1.807) is 37.3 Å². The molecule has 0 heterocycles. The van der Waals surface area contributed by atoms with Crippen molar-refractivity contribution in [2.45, 2.75) is 32.8 Å². The van der Waals surface area contributed by atoms with Gasteiger partial charge in [-0.3, -0.25) is 0 Å². The molecular weight excluding hydrogens is 590 g/mol. The van der Waals surface area contributed by atoms with E-state index in [0.29, 0.717) is 17.7 Å². The molecule has 0 saturated heterocycles. The van der Waals surface area contributed by atoms with Crippen molar-refractivity contribution in [3.63, 3.8) is 0 Å². The third-order valence-electron chi connectivity index (χ3n) is 5.43. The molecule has 1 N–H and O–H groups in total. The summed E-state index contributed by atoms with van der Waals surface area (Å²) in [7, 11) is 2.30. The molecule has 0 aliphatic rings. The number of carbonyl (C=O) groups is 2. The van der Waals surface area contributed by atoms with E-state index in [1.807, 2.05) is 0 Å². The number of rotatable bonds is 9. The molecule has 0 unspecified atom stereocenters. The largest absolute Gasteiger partial charge is 0.504 e. The fourth-order valence-electron chi connectivity index (χ4n) is 3.49. The first kappa shape index (κ1) is 34.6. The second kappa shape index (κ2) is 15.0. The van der Waals surface area contributed by atoms with Crippen LogP contribution in [0, 0.1) is 0 Å². The summed E-state index contributed by atoms with van der Waals surface area (Å²) in [5.74, 6) is -3.92. The Bertz CT molecular complexity index is 1390. The number of aromatic hydroxyl groups is 1. The molecule has 0 amide bonds. The molecule has 0 spiro atoms. The fraction of sp³-hybridized carbons (Fsp3) is 0.310. The number of phenols is 1. The highest BCUT2D eigenvalue weighted by Crippen LogP contribution is 2.43. The summed E-state index contributed by atoms with van der Waals surface area (Å²) < 4.78 is 102. The van der Waals surface area contributed by atoms with Crippen molar-refractivity contribution in [2.24, 2.45) is 0 Å². The maximum atomic E-state index is 13.4. The van der Waals surface area contributed by atoms with E-state index in [1.165, 1.54) is 20.1 Å². The van der Waals surface area contributed by atoms with Crippen LogP contribution in [0.3, 0.4) is 0 Å². The average Bonchev–Trinajstić information content (AvgIpc) is 2.95. The molecule has 8 nitrogen and oxygen atoms in total. The van der Waals surface area contributed by atoms with Gasteiger partial charge in [0.2, 0.25) is 0 Å². The maximum absolute atomic E-state index is 13.4. The maximum Gasteiger partial charge on any atom is 0.420 e. The van der Waals surface area contributed by atoms with E-state index in [2.05, 4.69) is 9.47 Å². The van der Waals surface area contributed by atoms with Gasteiger partial charge in [0.05, 0.1) is 38.6 Å². The van der Waals surface area contributed by atoms with Crippen LogP contribution in [0.15, 0.2) is 54.6 Å². The minimum atomic E-state index is -4.79. The standard InChI is InChI=1S/C18H17F3O4.C11H11F3O4/c1-3-24-17(22)13-9-14(18(19,20)21)16(15(10-13)23-2)25-11-12-7-5-4-6-8-12;1-3-18-10(16)6-4-7(11(12,13)14)9(15)8(5-6)17-2/h4-10H,3,11H2,1-2H3;4-5,15H,3H2,1-2H3. The zero-order chi connectivity index (χ0) is 32.4. The highest BCUT2D eigenvalue weighted by atomic mass is 19.4. The highest BCUT2D eigenvalue weighted by molar-refractivity contribution is 5.91.